The van der Waals surface area contributed by atoms with Gasteiger partial charge < -0.3 is 14.7 Å². The smallest absolute Gasteiger partial charge is 0.337 e. The highest BCUT2D eigenvalue weighted by Crippen LogP contribution is 2.19. The molecule has 19 heavy (non-hydrogen) atoms. The summed E-state index contributed by atoms with van der Waals surface area (Å²) in [6, 6.07) is 3.38. The number of ether oxygens (including phenoxy) is 1. The minimum absolute atomic E-state index is 0.262. The molecule has 1 aliphatic heterocycles. The quantitative estimate of drug-likeness (QED) is 0.900. The van der Waals surface area contributed by atoms with Crippen molar-refractivity contribution in [3.63, 3.8) is 0 Å². The molecule has 1 N–H and O–H groups in total. The van der Waals surface area contributed by atoms with Crippen molar-refractivity contribution in [3.8, 4) is 0 Å². The van der Waals surface area contributed by atoms with Crippen molar-refractivity contribution in [2.24, 2.45) is 5.92 Å². The first-order valence-corrected chi connectivity index (χ1v) is 6.57. The summed E-state index contributed by atoms with van der Waals surface area (Å²) in [6.45, 7) is 4.28. The van der Waals surface area contributed by atoms with Crippen LogP contribution in [0.5, 0.6) is 0 Å². The molecule has 0 aromatic carbocycles. The number of anilines is 1. The molecule has 0 amide bonds. The highest BCUT2D eigenvalue weighted by molar-refractivity contribution is 5.89. The Bertz CT molecular complexity index is 456. The van der Waals surface area contributed by atoms with Gasteiger partial charge in [0.1, 0.15) is 5.82 Å². The van der Waals surface area contributed by atoms with Crippen LogP contribution in [0.4, 0.5) is 5.82 Å². The van der Waals surface area contributed by atoms with Gasteiger partial charge in [-0.15, -0.1) is 0 Å². The number of hydrogen-bond donors (Lipinski definition) is 1. The predicted molar refractivity (Wildman–Crippen MR) is 72.7 cm³/mol. The zero-order valence-electron chi connectivity index (χ0n) is 11.4. The molecule has 0 bridgehead atoms. The molecule has 104 valence electrons. The number of aryl methyl sites for hydroxylation is 1. The van der Waals surface area contributed by atoms with E-state index in [4.69, 9.17) is 9.84 Å². The Balaban J connectivity index is 2.04. The molecular weight excluding hydrogens is 244 g/mol. The first kappa shape index (κ1) is 13.8. The molecule has 0 aliphatic carbocycles. The minimum atomic E-state index is -0.931. The van der Waals surface area contributed by atoms with E-state index in [-0.39, 0.29) is 5.56 Å². The van der Waals surface area contributed by atoms with Crippen LogP contribution in [0.25, 0.3) is 0 Å². The average Bonchev–Trinajstić information content (AvgIpc) is 2.39. The Kier molecular flexibility index (Phi) is 4.37. The van der Waals surface area contributed by atoms with Crippen LogP contribution < -0.4 is 4.90 Å². The number of aromatic carboxylic acids is 1. The van der Waals surface area contributed by atoms with Crippen molar-refractivity contribution < 1.29 is 14.6 Å². The van der Waals surface area contributed by atoms with Crippen molar-refractivity contribution in [1.29, 1.82) is 0 Å². The van der Waals surface area contributed by atoms with Gasteiger partial charge in [0.2, 0.25) is 0 Å². The number of carboxylic acid groups (broad SMARTS) is 1. The van der Waals surface area contributed by atoms with Crippen molar-refractivity contribution in [1.82, 2.24) is 4.98 Å². The number of nitrogens with zero attached hydrogens (tertiary/aromatic N) is 2. The minimum Gasteiger partial charge on any atom is -0.478 e. The molecule has 1 atom stereocenters. The van der Waals surface area contributed by atoms with Gasteiger partial charge in [-0.1, -0.05) is 0 Å². The Hall–Kier alpha value is -1.62. The fourth-order valence-corrected chi connectivity index (χ4v) is 2.42. The molecule has 1 saturated heterocycles. The molecule has 0 spiro atoms. The highest BCUT2D eigenvalue weighted by Gasteiger charge is 2.17. The SMILES string of the molecule is Cc1nc(N(C)CC2CCCOC2)ccc1C(=O)O. The van der Waals surface area contributed by atoms with E-state index in [1.54, 1.807) is 19.1 Å². The maximum Gasteiger partial charge on any atom is 0.337 e. The lowest BCUT2D eigenvalue weighted by atomic mass is 10.0. The maximum atomic E-state index is 10.9. The second-order valence-corrected chi connectivity index (χ2v) is 5.07. The molecular formula is C14H20N2O3. The Labute approximate surface area is 113 Å². The van der Waals surface area contributed by atoms with Gasteiger partial charge in [-0.25, -0.2) is 9.78 Å². The van der Waals surface area contributed by atoms with Crippen LogP contribution in [0, 0.1) is 12.8 Å². The normalized spacial score (nSPS) is 19.2. The van der Waals surface area contributed by atoms with Crippen LogP contribution in [0.2, 0.25) is 0 Å². The molecule has 0 saturated carbocycles. The Morgan fingerprint density at radius 3 is 2.95 bits per heavy atom. The van der Waals surface area contributed by atoms with Crippen LogP contribution in [-0.2, 0) is 4.74 Å². The van der Waals surface area contributed by atoms with E-state index in [0.29, 0.717) is 11.6 Å². The molecule has 0 radical (unpaired) electrons. The molecule has 1 aliphatic rings. The van der Waals surface area contributed by atoms with Gasteiger partial charge in [0, 0.05) is 20.2 Å². The summed E-state index contributed by atoms with van der Waals surface area (Å²) in [4.78, 5) is 17.4. The summed E-state index contributed by atoms with van der Waals surface area (Å²) < 4.78 is 5.47. The Morgan fingerprint density at radius 2 is 2.37 bits per heavy atom. The number of carboxylic acids is 1. The van der Waals surface area contributed by atoms with E-state index < -0.39 is 5.97 Å². The van der Waals surface area contributed by atoms with Gasteiger partial charge in [0.25, 0.3) is 0 Å². The molecule has 1 fully saturated rings. The maximum absolute atomic E-state index is 10.9. The summed E-state index contributed by atoms with van der Waals surface area (Å²) in [5.41, 5.74) is 0.815. The lowest BCUT2D eigenvalue weighted by Crippen LogP contribution is -2.31. The fourth-order valence-electron chi connectivity index (χ4n) is 2.42. The van der Waals surface area contributed by atoms with E-state index in [9.17, 15) is 4.79 Å². The fraction of sp³-hybridized carbons (Fsp3) is 0.571. The van der Waals surface area contributed by atoms with Crippen LogP contribution in [-0.4, -0.2) is 42.9 Å². The molecule has 5 heteroatoms. The zero-order chi connectivity index (χ0) is 13.8. The second-order valence-electron chi connectivity index (χ2n) is 5.07. The number of pyridine rings is 1. The van der Waals surface area contributed by atoms with E-state index >= 15 is 0 Å². The standard InChI is InChI=1S/C14H20N2O3/c1-10-12(14(17)18)5-6-13(15-10)16(2)8-11-4-3-7-19-9-11/h5-6,11H,3-4,7-9H2,1-2H3,(H,17,18). The summed E-state index contributed by atoms with van der Waals surface area (Å²) in [5.74, 6) is 0.410. The van der Waals surface area contributed by atoms with Crippen molar-refractivity contribution in [2.45, 2.75) is 19.8 Å². The predicted octanol–water partition coefficient (Wildman–Crippen LogP) is 1.95. The van der Waals surface area contributed by atoms with E-state index in [1.165, 1.54) is 6.42 Å². The lowest BCUT2D eigenvalue weighted by Gasteiger charge is -2.28. The monoisotopic (exact) mass is 264 g/mol. The average molecular weight is 264 g/mol. The van der Waals surface area contributed by atoms with Gasteiger partial charge in [-0.3, -0.25) is 0 Å². The number of carbonyl (C=O) groups is 1. The van der Waals surface area contributed by atoms with Crippen molar-refractivity contribution in [3.05, 3.63) is 23.4 Å². The largest absolute Gasteiger partial charge is 0.478 e. The third-order valence-electron chi connectivity index (χ3n) is 3.48. The zero-order valence-corrected chi connectivity index (χ0v) is 11.4. The number of aromatic nitrogens is 1. The second kappa shape index (κ2) is 6.02. The highest BCUT2D eigenvalue weighted by atomic mass is 16.5. The van der Waals surface area contributed by atoms with Gasteiger partial charge >= 0.3 is 5.97 Å². The van der Waals surface area contributed by atoms with Gasteiger partial charge in [0.15, 0.2) is 0 Å². The number of rotatable bonds is 4. The molecule has 5 nitrogen and oxygen atoms in total. The molecule has 1 aromatic heterocycles. The van der Waals surface area contributed by atoms with E-state index in [0.717, 1.165) is 32.0 Å². The summed E-state index contributed by atoms with van der Waals surface area (Å²) in [5, 5.41) is 8.99. The summed E-state index contributed by atoms with van der Waals surface area (Å²) >= 11 is 0. The van der Waals surface area contributed by atoms with Gasteiger partial charge in [-0.05, 0) is 37.8 Å². The summed E-state index contributed by atoms with van der Waals surface area (Å²) in [6.07, 6.45) is 2.29. The van der Waals surface area contributed by atoms with Crippen LogP contribution >= 0.6 is 0 Å². The van der Waals surface area contributed by atoms with Crippen LogP contribution in [0.3, 0.4) is 0 Å². The number of hydrogen-bond acceptors (Lipinski definition) is 4. The first-order chi connectivity index (χ1) is 9.08. The van der Waals surface area contributed by atoms with Crippen molar-refractivity contribution in [2.75, 3.05) is 31.7 Å². The third kappa shape index (κ3) is 3.44. The lowest BCUT2D eigenvalue weighted by molar-refractivity contribution is 0.0576. The first-order valence-electron chi connectivity index (χ1n) is 6.57. The van der Waals surface area contributed by atoms with E-state index in [2.05, 4.69) is 9.88 Å². The van der Waals surface area contributed by atoms with E-state index in [1.807, 2.05) is 7.05 Å². The molecule has 1 aromatic rings. The molecule has 2 heterocycles. The Morgan fingerprint density at radius 1 is 1.58 bits per heavy atom. The summed E-state index contributed by atoms with van der Waals surface area (Å²) in [7, 11) is 1.98. The topological polar surface area (TPSA) is 62.7 Å². The van der Waals surface area contributed by atoms with Gasteiger partial charge in [0.05, 0.1) is 17.9 Å². The molecule has 2 rings (SSSR count). The van der Waals surface area contributed by atoms with Crippen LogP contribution in [0.1, 0.15) is 28.9 Å². The van der Waals surface area contributed by atoms with Gasteiger partial charge in [-0.2, -0.15) is 0 Å². The third-order valence-corrected chi connectivity index (χ3v) is 3.48. The molecule has 1 unspecified atom stereocenters. The van der Waals surface area contributed by atoms with Crippen LogP contribution in [0.15, 0.2) is 12.1 Å². The van der Waals surface area contributed by atoms with Crippen molar-refractivity contribution >= 4 is 11.8 Å².